The minimum atomic E-state index is -1.02. The van der Waals surface area contributed by atoms with Crippen LogP contribution in [0.3, 0.4) is 0 Å². The number of benzene rings is 1. The Bertz CT molecular complexity index is 451. The van der Waals surface area contributed by atoms with E-state index < -0.39 is 12.0 Å². The van der Waals surface area contributed by atoms with Gasteiger partial charge in [0.1, 0.15) is 6.04 Å². The molecule has 0 saturated carbocycles. The highest BCUT2D eigenvalue weighted by Gasteiger charge is 2.20. The first kappa shape index (κ1) is 15.7. The molecule has 0 aliphatic rings. The van der Waals surface area contributed by atoms with Crippen LogP contribution in [0.2, 0.25) is 0 Å². The fraction of sp³-hybridized carbons (Fsp3) is 0.385. The number of carboxylic acid groups (broad SMARTS) is 1. The number of carbonyl (C=O) groups is 2. The topological polar surface area (TPSA) is 78.4 Å². The van der Waals surface area contributed by atoms with Gasteiger partial charge in [-0.2, -0.15) is 0 Å². The van der Waals surface area contributed by atoms with Crippen LogP contribution in [0.4, 0.5) is 5.69 Å². The summed E-state index contributed by atoms with van der Waals surface area (Å²) >= 11 is 3.32. The molecule has 6 heteroatoms. The second-order valence-corrected chi connectivity index (χ2v) is 4.93. The smallest absolute Gasteiger partial charge is 0.321 e. The number of anilines is 1. The second-order valence-electron chi connectivity index (χ2n) is 4.08. The minimum absolute atomic E-state index is 0.101. The van der Waals surface area contributed by atoms with Gasteiger partial charge in [0.25, 0.3) is 0 Å². The van der Waals surface area contributed by atoms with Crippen molar-refractivity contribution in [3.05, 3.63) is 28.7 Å². The van der Waals surface area contributed by atoms with Crippen LogP contribution in [0.5, 0.6) is 0 Å². The molecule has 0 radical (unpaired) electrons. The van der Waals surface area contributed by atoms with Crippen molar-refractivity contribution in [1.29, 1.82) is 0 Å². The van der Waals surface area contributed by atoms with Gasteiger partial charge in [0.2, 0.25) is 5.91 Å². The molecular weight excluding hydrogens is 312 g/mol. The lowest BCUT2D eigenvalue weighted by Crippen LogP contribution is -2.40. The van der Waals surface area contributed by atoms with Crippen LogP contribution in [0, 0.1) is 0 Å². The summed E-state index contributed by atoms with van der Waals surface area (Å²) in [4.78, 5) is 22.8. The first-order valence-corrected chi connectivity index (χ1v) is 6.84. The van der Waals surface area contributed by atoms with Gasteiger partial charge in [-0.25, -0.2) is 0 Å². The lowest BCUT2D eigenvalue weighted by atomic mass is 10.2. The molecule has 0 fully saturated rings. The van der Waals surface area contributed by atoms with E-state index in [0.29, 0.717) is 12.2 Å². The van der Waals surface area contributed by atoms with Crippen molar-refractivity contribution >= 4 is 33.5 Å². The molecule has 19 heavy (non-hydrogen) atoms. The highest BCUT2D eigenvalue weighted by molar-refractivity contribution is 9.10. The van der Waals surface area contributed by atoms with E-state index in [1.807, 2.05) is 13.0 Å². The lowest BCUT2D eigenvalue weighted by molar-refractivity contribution is -0.141. The second kappa shape index (κ2) is 7.91. The van der Waals surface area contributed by atoms with E-state index in [-0.39, 0.29) is 12.3 Å². The quantitative estimate of drug-likeness (QED) is 0.717. The molecule has 1 unspecified atom stereocenters. The zero-order valence-electron chi connectivity index (χ0n) is 10.6. The van der Waals surface area contributed by atoms with Crippen LogP contribution in [-0.4, -0.2) is 29.6 Å². The Labute approximate surface area is 120 Å². The zero-order valence-corrected chi connectivity index (χ0v) is 12.2. The average molecular weight is 329 g/mol. The Morgan fingerprint density at radius 1 is 1.37 bits per heavy atom. The van der Waals surface area contributed by atoms with Gasteiger partial charge in [-0.15, -0.1) is 0 Å². The fourth-order valence-corrected chi connectivity index (χ4v) is 1.90. The first-order valence-electron chi connectivity index (χ1n) is 6.05. The Balaban J connectivity index is 2.58. The number of halogens is 1. The van der Waals surface area contributed by atoms with Gasteiger partial charge in [0, 0.05) is 4.47 Å². The van der Waals surface area contributed by atoms with Crippen molar-refractivity contribution < 1.29 is 14.7 Å². The summed E-state index contributed by atoms with van der Waals surface area (Å²) in [5.74, 6) is -1.35. The van der Waals surface area contributed by atoms with Gasteiger partial charge in [0.05, 0.1) is 12.1 Å². The molecule has 5 nitrogen and oxygen atoms in total. The molecule has 1 aromatic rings. The molecule has 0 aromatic heterocycles. The monoisotopic (exact) mass is 328 g/mol. The highest BCUT2D eigenvalue weighted by atomic mass is 79.9. The van der Waals surface area contributed by atoms with Crippen molar-refractivity contribution in [2.75, 3.05) is 11.9 Å². The third-order valence-electron chi connectivity index (χ3n) is 2.48. The third kappa shape index (κ3) is 5.40. The molecule has 0 aliphatic heterocycles. The predicted octanol–water partition coefficient (Wildman–Crippen LogP) is 2.23. The van der Waals surface area contributed by atoms with Crippen LogP contribution in [0.25, 0.3) is 0 Å². The van der Waals surface area contributed by atoms with Crippen molar-refractivity contribution in [2.45, 2.75) is 25.8 Å². The van der Waals surface area contributed by atoms with Crippen molar-refractivity contribution in [3.63, 3.8) is 0 Å². The van der Waals surface area contributed by atoms with Gasteiger partial charge < -0.3 is 15.7 Å². The largest absolute Gasteiger partial charge is 0.480 e. The summed E-state index contributed by atoms with van der Waals surface area (Å²) in [7, 11) is 0. The Kier molecular flexibility index (Phi) is 6.52. The van der Waals surface area contributed by atoms with E-state index in [0.717, 1.165) is 10.9 Å². The minimum Gasteiger partial charge on any atom is -0.480 e. The summed E-state index contributed by atoms with van der Waals surface area (Å²) in [6.45, 7) is 2.51. The van der Waals surface area contributed by atoms with E-state index in [9.17, 15) is 9.59 Å². The Morgan fingerprint density at radius 3 is 2.63 bits per heavy atom. The molecule has 104 valence electrons. The maximum Gasteiger partial charge on any atom is 0.321 e. The predicted molar refractivity (Wildman–Crippen MR) is 77.1 cm³/mol. The Morgan fingerprint density at radius 2 is 2.05 bits per heavy atom. The summed E-state index contributed by atoms with van der Waals surface area (Å²) in [5, 5.41) is 14.5. The van der Waals surface area contributed by atoms with Crippen molar-refractivity contribution in [1.82, 2.24) is 5.32 Å². The van der Waals surface area contributed by atoms with E-state index in [4.69, 9.17) is 5.11 Å². The maximum absolute atomic E-state index is 11.8. The molecule has 3 N–H and O–H groups in total. The van der Waals surface area contributed by atoms with Gasteiger partial charge >= 0.3 is 5.97 Å². The van der Waals surface area contributed by atoms with Gasteiger partial charge in [-0.05, 0) is 41.0 Å². The van der Waals surface area contributed by atoms with Crippen LogP contribution >= 0.6 is 15.9 Å². The van der Waals surface area contributed by atoms with Gasteiger partial charge in [0.15, 0.2) is 0 Å². The van der Waals surface area contributed by atoms with Crippen LogP contribution in [0.15, 0.2) is 28.7 Å². The molecule has 1 aromatic carbocycles. The van der Waals surface area contributed by atoms with Crippen molar-refractivity contribution in [2.24, 2.45) is 0 Å². The summed E-state index contributed by atoms with van der Waals surface area (Å²) in [5.41, 5.74) is 0.632. The molecule has 0 spiro atoms. The van der Waals surface area contributed by atoms with Crippen LogP contribution < -0.4 is 10.6 Å². The van der Waals surface area contributed by atoms with E-state index >= 15 is 0 Å². The molecule has 1 amide bonds. The molecule has 1 rings (SSSR count). The average Bonchev–Trinajstić information content (AvgIpc) is 2.37. The Hall–Kier alpha value is -1.40. The number of nitrogens with one attached hydrogen (secondary N) is 2. The number of hydrogen-bond acceptors (Lipinski definition) is 3. The van der Waals surface area contributed by atoms with Gasteiger partial charge in [-0.1, -0.05) is 19.1 Å². The molecule has 0 saturated heterocycles. The number of amides is 1. The molecule has 0 bridgehead atoms. The molecular formula is C13H17BrN2O3. The van der Waals surface area contributed by atoms with Crippen LogP contribution in [-0.2, 0) is 9.59 Å². The number of carboxylic acids is 1. The van der Waals surface area contributed by atoms with E-state index in [1.54, 1.807) is 18.2 Å². The maximum atomic E-state index is 11.8. The van der Waals surface area contributed by atoms with E-state index in [2.05, 4.69) is 26.6 Å². The van der Waals surface area contributed by atoms with Gasteiger partial charge in [-0.3, -0.25) is 9.59 Å². The highest BCUT2D eigenvalue weighted by Crippen LogP contribution is 2.21. The summed E-state index contributed by atoms with van der Waals surface area (Å²) < 4.78 is 0.761. The van der Waals surface area contributed by atoms with Crippen molar-refractivity contribution in [3.8, 4) is 0 Å². The fourth-order valence-electron chi connectivity index (χ4n) is 1.51. The number of aliphatic carboxylic acids is 1. The normalized spacial score (nSPS) is 11.9. The molecule has 0 aliphatic carbocycles. The summed E-state index contributed by atoms with van der Waals surface area (Å²) in [6.07, 6.45) is 0.715. The molecule has 0 heterocycles. The van der Waals surface area contributed by atoms with E-state index in [1.165, 1.54) is 0 Å². The first-order chi connectivity index (χ1) is 9.04. The SMILES string of the molecule is CCCNC(CC(=O)Nc1ccccc1Br)C(=O)O. The lowest BCUT2D eigenvalue weighted by Gasteiger charge is -2.14. The number of para-hydroxylation sites is 1. The van der Waals surface area contributed by atoms with Crippen LogP contribution in [0.1, 0.15) is 19.8 Å². The standard InChI is InChI=1S/C13H17BrN2O3/c1-2-7-15-11(13(18)19)8-12(17)16-10-6-4-3-5-9(10)14/h3-6,11,15H,2,7-8H2,1H3,(H,16,17)(H,18,19). The summed E-state index contributed by atoms with van der Waals surface area (Å²) in [6, 6.07) is 6.33. The number of hydrogen-bond donors (Lipinski definition) is 3. The third-order valence-corrected chi connectivity index (χ3v) is 3.17. The number of rotatable bonds is 7. The number of carbonyl (C=O) groups excluding carboxylic acids is 1. The zero-order chi connectivity index (χ0) is 14.3. The molecule has 1 atom stereocenters.